The van der Waals surface area contributed by atoms with E-state index in [2.05, 4.69) is 5.32 Å². The Morgan fingerprint density at radius 2 is 1.81 bits per heavy atom. The van der Waals surface area contributed by atoms with Crippen LogP contribution in [0.2, 0.25) is 0 Å². The quantitative estimate of drug-likeness (QED) is 0.559. The highest BCUT2D eigenvalue weighted by Crippen LogP contribution is 2.21. The Kier molecular flexibility index (Phi) is 7.12. The molecule has 2 rings (SSSR count). The monoisotopic (exact) mass is 379 g/mol. The van der Waals surface area contributed by atoms with Gasteiger partial charge in [0.25, 0.3) is 5.91 Å². The molecule has 0 spiro atoms. The second-order valence-electron chi connectivity index (χ2n) is 5.82. The first kappa shape index (κ1) is 19.9. The lowest BCUT2D eigenvalue weighted by atomic mass is 10.2. The van der Waals surface area contributed by atoms with Crippen LogP contribution in [0.4, 0.5) is 0 Å². The van der Waals surface area contributed by atoms with Crippen LogP contribution in [0.1, 0.15) is 36.0 Å². The van der Waals surface area contributed by atoms with E-state index in [1.165, 1.54) is 28.6 Å². The molecule has 0 aromatic heterocycles. The molecule has 1 N–H and O–H groups in total. The van der Waals surface area contributed by atoms with E-state index in [1.54, 1.807) is 0 Å². The third-order valence-electron chi connectivity index (χ3n) is 3.94. The van der Waals surface area contributed by atoms with Crippen LogP contribution in [0.15, 0.2) is 29.2 Å². The fourth-order valence-electron chi connectivity index (χ4n) is 2.54. The van der Waals surface area contributed by atoms with Crippen LogP contribution >= 0.6 is 0 Å². The maximum atomic E-state index is 12.5. The lowest BCUT2D eigenvalue weighted by Crippen LogP contribution is -2.35. The van der Waals surface area contributed by atoms with Gasteiger partial charge in [0.05, 0.1) is 22.9 Å². The Morgan fingerprint density at radius 3 is 2.42 bits per heavy atom. The number of rotatable bonds is 7. The second-order valence-corrected chi connectivity index (χ2v) is 7.76. The number of nitrogens with one attached hydrogen (secondary N) is 1. The van der Waals surface area contributed by atoms with Gasteiger partial charge in [-0.2, -0.15) is 9.57 Å². The number of nitriles is 1. The van der Waals surface area contributed by atoms with E-state index in [0.29, 0.717) is 13.1 Å². The lowest BCUT2D eigenvalue weighted by molar-refractivity contribution is -0.124. The summed E-state index contributed by atoms with van der Waals surface area (Å²) in [6, 6.07) is 7.35. The Morgan fingerprint density at radius 1 is 1.15 bits per heavy atom. The number of sulfonamides is 1. The van der Waals surface area contributed by atoms with E-state index in [-0.39, 0.29) is 23.4 Å². The molecule has 0 aliphatic carbocycles. The molecule has 1 aliphatic heterocycles. The van der Waals surface area contributed by atoms with Crippen molar-refractivity contribution in [2.75, 3.05) is 26.2 Å². The number of hydrogen-bond acceptors (Lipinski definition) is 6. The number of piperidine rings is 1. The smallest absolute Gasteiger partial charge is 0.338 e. The van der Waals surface area contributed by atoms with Gasteiger partial charge in [-0.05, 0) is 37.1 Å². The summed E-state index contributed by atoms with van der Waals surface area (Å²) >= 11 is 0. The molecule has 1 aromatic rings. The maximum Gasteiger partial charge on any atom is 0.338 e. The van der Waals surface area contributed by atoms with Crippen molar-refractivity contribution in [1.29, 1.82) is 5.26 Å². The minimum absolute atomic E-state index is 0.130. The zero-order chi connectivity index (χ0) is 19.0. The number of benzene rings is 1. The highest BCUT2D eigenvalue weighted by Gasteiger charge is 2.26. The van der Waals surface area contributed by atoms with Crippen molar-refractivity contribution in [1.82, 2.24) is 9.62 Å². The third kappa shape index (κ3) is 5.28. The number of nitrogens with zero attached hydrogens (tertiary/aromatic N) is 2. The van der Waals surface area contributed by atoms with Crippen molar-refractivity contribution in [3.05, 3.63) is 29.8 Å². The Balaban J connectivity index is 1.93. The molecule has 1 amide bonds. The van der Waals surface area contributed by atoms with Crippen LogP contribution in [-0.2, 0) is 19.6 Å². The van der Waals surface area contributed by atoms with Gasteiger partial charge in [-0.25, -0.2) is 13.2 Å². The van der Waals surface area contributed by atoms with E-state index in [1.807, 2.05) is 6.07 Å². The second kappa shape index (κ2) is 9.31. The van der Waals surface area contributed by atoms with Gasteiger partial charge in [0.1, 0.15) is 0 Å². The first-order valence-corrected chi connectivity index (χ1v) is 9.80. The van der Waals surface area contributed by atoms with Crippen molar-refractivity contribution >= 4 is 21.9 Å². The zero-order valence-electron chi connectivity index (χ0n) is 14.3. The van der Waals surface area contributed by atoms with Crippen molar-refractivity contribution < 1.29 is 22.7 Å². The van der Waals surface area contributed by atoms with Gasteiger partial charge >= 0.3 is 5.97 Å². The van der Waals surface area contributed by atoms with Crippen molar-refractivity contribution in [3.63, 3.8) is 0 Å². The van der Waals surface area contributed by atoms with Gasteiger partial charge in [0.2, 0.25) is 10.0 Å². The molecule has 0 radical (unpaired) electrons. The molecular formula is C17H21N3O5S. The molecule has 0 unspecified atom stereocenters. The molecule has 0 saturated carbocycles. The molecule has 1 aromatic carbocycles. The molecular weight excluding hydrogens is 358 g/mol. The molecule has 0 bridgehead atoms. The summed E-state index contributed by atoms with van der Waals surface area (Å²) in [4.78, 5) is 23.5. The van der Waals surface area contributed by atoms with Crippen molar-refractivity contribution in [3.8, 4) is 6.07 Å². The Hall–Kier alpha value is -2.44. The molecule has 8 nitrogen and oxygen atoms in total. The summed E-state index contributed by atoms with van der Waals surface area (Å²) in [7, 11) is -3.55. The van der Waals surface area contributed by atoms with Crippen LogP contribution < -0.4 is 5.32 Å². The predicted octanol–water partition coefficient (Wildman–Crippen LogP) is 1.05. The number of carbonyl (C=O) groups excluding carboxylic acids is 2. The lowest BCUT2D eigenvalue weighted by Gasteiger charge is -2.25. The minimum Gasteiger partial charge on any atom is -0.452 e. The van der Waals surface area contributed by atoms with Gasteiger partial charge in [0, 0.05) is 19.6 Å². The number of esters is 1. The fraction of sp³-hybridized carbons (Fsp3) is 0.471. The van der Waals surface area contributed by atoms with Gasteiger partial charge in [-0.15, -0.1) is 0 Å². The fourth-order valence-corrected chi connectivity index (χ4v) is 4.06. The molecule has 9 heteroatoms. The van der Waals surface area contributed by atoms with Crippen LogP contribution in [0.3, 0.4) is 0 Å². The average molecular weight is 379 g/mol. The van der Waals surface area contributed by atoms with Crippen molar-refractivity contribution in [2.24, 2.45) is 0 Å². The van der Waals surface area contributed by atoms with Gasteiger partial charge in [-0.3, -0.25) is 4.79 Å². The number of amides is 1. The molecule has 1 saturated heterocycles. The first-order valence-electron chi connectivity index (χ1n) is 8.36. The zero-order valence-corrected chi connectivity index (χ0v) is 15.1. The number of hydrogen-bond donors (Lipinski definition) is 1. The summed E-state index contributed by atoms with van der Waals surface area (Å²) in [5, 5.41) is 10.8. The highest BCUT2D eigenvalue weighted by molar-refractivity contribution is 7.89. The third-order valence-corrected chi connectivity index (χ3v) is 5.85. The normalized spacial score (nSPS) is 15.0. The average Bonchev–Trinajstić information content (AvgIpc) is 2.67. The summed E-state index contributed by atoms with van der Waals surface area (Å²) in [5.41, 5.74) is 0.160. The summed E-state index contributed by atoms with van der Waals surface area (Å²) in [6.07, 6.45) is 2.90. The molecule has 0 atom stereocenters. The maximum absolute atomic E-state index is 12.5. The largest absolute Gasteiger partial charge is 0.452 e. The van der Waals surface area contributed by atoms with Crippen LogP contribution in [0.25, 0.3) is 0 Å². The summed E-state index contributed by atoms with van der Waals surface area (Å²) in [5.74, 6) is -1.22. The SMILES string of the molecule is N#CCCNC(=O)COC(=O)c1ccc(S(=O)(=O)N2CCCCC2)cc1. The Labute approximate surface area is 152 Å². The molecule has 1 heterocycles. The van der Waals surface area contributed by atoms with E-state index in [0.717, 1.165) is 19.3 Å². The van der Waals surface area contributed by atoms with Crippen LogP contribution in [-0.4, -0.2) is 50.8 Å². The van der Waals surface area contributed by atoms with E-state index < -0.39 is 28.5 Å². The topological polar surface area (TPSA) is 117 Å². The van der Waals surface area contributed by atoms with Gasteiger partial charge in [-0.1, -0.05) is 6.42 Å². The first-order chi connectivity index (χ1) is 12.4. The number of ether oxygens (including phenoxy) is 1. The Bertz CT molecular complexity index is 778. The van der Waals surface area contributed by atoms with E-state index in [9.17, 15) is 18.0 Å². The van der Waals surface area contributed by atoms with Gasteiger partial charge in [0.15, 0.2) is 6.61 Å². The van der Waals surface area contributed by atoms with Crippen LogP contribution in [0, 0.1) is 11.3 Å². The number of carbonyl (C=O) groups is 2. The minimum atomic E-state index is -3.55. The molecule has 1 aliphatic rings. The van der Waals surface area contributed by atoms with Crippen LogP contribution in [0.5, 0.6) is 0 Å². The highest BCUT2D eigenvalue weighted by atomic mass is 32.2. The summed E-state index contributed by atoms with van der Waals surface area (Å²) in [6.45, 7) is 0.744. The van der Waals surface area contributed by atoms with Crippen molar-refractivity contribution in [2.45, 2.75) is 30.6 Å². The molecule has 1 fully saturated rings. The molecule has 26 heavy (non-hydrogen) atoms. The summed E-state index contributed by atoms with van der Waals surface area (Å²) < 4.78 is 31.4. The van der Waals surface area contributed by atoms with E-state index >= 15 is 0 Å². The van der Waals surface area contributed by atoms with E-state index in [4.69, 9.17) is 10.00 Å². The molecule has 140 valence electrons. The van der Waals surface area contributed by atoms with Gasteiger partial charge < -0.3 is 10.1 Å². The standard InChI is InChI=1S/C17H21N3O5S/c18-9-4-10-19-16(21)13-25-17(22)14-5-7-15(8-6-14)26(23,24)20-11-2-1-3-12-20/h5-8H,1-4,10-13H2,(H,19,21). The predicted molar refractivity (Wildman–Crippen MR) is 92.6 cm³/mol.